The summed E-state index contributed by atoms with van der Waals surface area (Å²) in [7, 11) is 1.82. The van der Waals surface area contributed by atoms with E-state index >= 15 is 0 Å². The van der Waals surface area contributed by atoms with Gasteiger partial charge in [0, 0.05) is 49.1 Å². The minimum Gasteiger partial charge on any atom is -0.381 e. The van der Waals surface area contributed by atoms with Gasteiger partial charge in [0.2, 0.25) is 0 Å². The predicted molar refractivity (Wildman–Crippen MR) is 99.9 cm³/mol. The average Bonchev–Trinajstić information content (AvgIpc) is 3.18. The zero-order chi connectivity index (χ0) is 18.1. The van der Waals surface area contributed by atoms with Gasteiger partial charge in [-0.2, -0.15) is 0 Å². The molecule has 2 fully saturated rings. The van der Waals surface area contributed by atoms with E-state index in [2.05, 4.69) is 29.1 Å². The summed E-state index contributed by atoms with van der Waals surface area (Å²) in [5.41, 5.74) is 0.989. The third kappa shape index (κ3) is 3.93. The molecule has 0 aliphatic carbocycles. The third-order valence-corrected chi connectivity index (χ3v) is 5.80. The maximum Gasteiger partial charge on any atom is 0.193 e. The van der Waals surface area contributed by atoms with Crippen LogP contribution in [0.4, 0.5) is 4.39 Å². The number of halogens is 2. The molecule has 2 heterocycles. The van der Waals surface area contributed by atoms with Gasteiger partial charge in [-0.15, -0.1) is 0 Å². The topological polar surface area (TPSA) is 36.9 Å². The second-order valence-electron chi connectivity index (χ2n) is 7.88. The Morgan fingerprint density at radius 2 is 2.24 bits per heavy atom. The van der Waals surface area contributed by atoms with Crippen LogP contribution < -0.4 is 5.32 Å². The highest BCUT2D eigenvalue weighted by atomic mass is 35.5. The maximum absolute atomic E-state index is 13.3. The molecule has 3 rings (SSSR count). The number of hydrogen-bond acceptors (Lipinski definition) is 2. The molecule has 1 N–H and O–H groups in total. The van der Waals surface area contributed by atoms with Gasteiger partial charge in [-0.1, -0.05) is 31.5 Å². The number of nitrogens with zero attached hydrogens (tertiary/aromatic N) is 2. The summed E-state index contributed by atoms with van der Waals surface area (Å²) >= 11 is 6.25. The first-order chi connectivity index (χ1) is 11.9. The molecule has 4 nitrogen and oxygen atoms in total. The molecule has 2 aliphatic rings. The van der Waals surface area contributed by atoms with E-state index in [9.17, 15) is 4.39 Å². The highest BCUT2D eigenvalue weighted by Crippen LogP contribution is 2.38. The fraction of sp³-hybridized carbons (Fsp3) is 0.632. The largest absolute Gasteiger partial charge is 0.381 e. The van der Waals surface area contributed by atoms with Crippen LogP contribution in [0, 0.1) is 11.2 Å². The van der Waals surface area contributed by atoms with E-state index in [1.807, 2.05) is 7.05 Å². The summed E-state index contributed by atoms with van der Waals surface area (Å²) in [6, 6.07) is 4.60. The lowest BCUT2D eigenvalue weighted by Gasteiger charge is -2.30. The number of rotatable bonds is 3. The molecule has 138 valence electrons. The van der Waals surface area contributed by atoms with Gasteiger partial charge in [-0.25, -0.2) is 4.39 Å². The lowest BCUT2D eigenvalue weighted by Crippen LogP contribution is -2.45. The number of nitrogens with one attached hydrogen (secondary N) is 1. The van der Waals surface area contributed by atoms with Crippen molar-refractivity contribution in [2.24, 2.45) is 10.4 Å². The molecule has 2 aliphatic heterocycles. The fourth-order valence-corrected chi connectivity index (χ4v) is 4.28. The zero-order valence-corrected chi connectivity index (χ0v) is 16.0. The van der Waals surface area contributed by atoms with Crippen molar-refractivity contribution in [2.45, 2.75) is 32.1 Å². The Morgan fingerprint density at radius 3 is 2.88 bits per heavy atom. The number of aliphatic imine (C=N–C) groups is 1. The molecular formula is C19H27ClFN3O. The summed E-state index contributed by atoms with van der Waals surface area (Å²) < 4.78 is 18.9. The fourth-order valence-electron chi connectivity index (χ4n) is 3.85. The van der Waals surface area contributed by atoms with E-state index in [0.29, 0.717) is 17.0 Å². The SMILES string of the molecule is CN=C(NCC(C)(C)c1ccc(F)cc1Cl)N1CCC2(CCOC2)C1. The smallest absolute Gasteiger partial charge is 0.193 e. The normalized spacial score (nSPS) is 24.4. The first-order valence-corrected chi connectivity index (χ1v) is 9.22. The standard InChI is InChI=1S/C19H27ClFN3O/c1-18(2,15-5-4-14(21)10-16(15)20)11-23-17(22-3)24-8-6-19(12-24)7-9-25-13-19/h4-5,10H,6-9,11-13H2,1-3H3,(H,22,23). The van der Waals surface area contributed by atoms with Gasteiger partial charge < -0.3 is 15.0 Å². The van der Waals surface area contributed by atoms with Crippen LogP contribution in [0.3, 0.4) is 0 Å². The van der Waals surface area contributed by atoms with Gasteiger partial charge >= 0.3 is 0 Å². The van der Waals surface area contributed by atoms with E-state index in [1.54, 1.807) is 6.07 Å². The Kier molecular flexibility index (Phi) is 5.26. The number of hydrogen-bond donors (Lipinski definition) is 1. The quantitative estimate of drug-likeness (QED) is 0.656. The second-order valence-corrected chi connectivity index (χ2v) is 8.29. The molecular weight excluding hydrogens is 341 g/mol. The first kappa shape index (κ1) is 18.5. The number of ether oxygens (including phenoxy) is 1. The van der Waals surface area contributed by atoms with Crippen LogP contribution in [0.2, 0.25) is 5.02 Å². The Labute approximate surface area is 154 Å². The van der Waals surface area contributed by atoms with Crippen molar-refractivity contribution < 1.29 is 9.13 Å². The van der Waals surface area contributed by atoms with Crippen LogP contribution in [-0.4, -0.2) is 50.8 Å². The lowest BCUT2D eigenvalue weighted by molar-refractivity contribution is 0.156. The van der Waals surface area contributed by atoms with Gasteiger partial charge in [0.15, 0.2) is 5.96 Å². The monoisotopic (exact) mass is 367 g/mol. The Balaban J connectivity index is 1.64. The summed E-state index contributed by atoms with van der Waals surface area (Å²) in [5.74, 6) is 0.601. The molecule has 0 radical (unpaired) electrons. The van der Waals surface area contributed by atoms with Crippen molar-refractivity contribution in [1.29, 1.82) is 0 Å². The van der Waals surface area contributed by atoms with Crippen molar-refractivity contribution in [3.63, 3.8) is 0 Å². The van der Waals surface area contributed by atoms with E-state index in [4.69, 9.17) is 16.3 Å². The molecule has 0 aromatic heterocycles. The average molecular weight is 368 g/mol. The van der Waals surface area contributed by atoms with Crippen LogP contribution in [0.5, 0.6) is 0 Å². The van der Waals surface area contributed by atoms with E-state index in [1.165, 1.54) is 12.1 Å². The molecule has 0 amide bonds. The molecule has 2 saturated heterocycles. The number of benzene rings is 1. The van der Waals surface area contributed by atoms with Crippen molar-refractivity contribution in [3.8, 4) is 0 Å². The van der Waals surface area contributed by atoms with Crippen molar-refractivity contribution >= 4 is 17.6 Å². The van der Waals surface area contributed by atoms with Crippen molar-refractivity contribution in [2.75, 3.05) is 39.9 Å². The third-order valence-electron chi connectivity index (χ3n) is 5.48. The second kappa shape index (κ2) is 7.12. The molecule has 6 heteroatoms. The number of likely N-dealkylation sites (tertiary alicyclic amines) is 1. The Bertz CT molecular complexity index is 656. The Hall–Kier alpha value is -1.33. The highest BCUT2D eigenvalue weighted by Gasteiger charge is 2.42. The summed E-state index contributed by atoms with van der Waals surface area (Å²) in [6.45, 7) is 8.59. The molecule has 1 atom stereocenters. The molecule has 1 aromatic rings. The van der Waals surface area contributed by atoms with Crippen molar-refractivity contribution in [3.05, 3.63) is 34.6 Å². The zero-order valence-electron chi connectivity index (χ0n) is 15.2. The first-order valence-electron chi connectivity index (χ1n) is 8.84. The van der Waals surface area contributed by atoms with Crippen LogP contribution in [0.15, 0.2) is 23.2 Å². The minimum atomic E-state index is -0.311. The highest BCUT2D eigenvalue weighted by molar-refractivity contribution is 6.31. The molecule has 1 aromatic carbocycles. The summed E-state index contributed by atoms with van der Waals surface area (Å²) in [6.07, 6.45) is 2.29. The lowest BCUT2D eigenvalue weighted by atomic mass is 9.84. The molecule has 1 spiro atoms. The van der Waals surface area contributed by atoms with Crippen LogP contribution in [0.1, 0.15) is 32.3 Å². The van der Waals surface area contributed by atoms with Crippen LogP contribution >= 0.6 is 11.6 Å². The van der Waals surface area contributed by atoms with Gasteiger partial charge in [-0.3, -0.25) is 4.99 Å². The van der Waals surface area contributed by atoms with Crippen molar-refractivity contribution in [1.82, 2.24) is 10.2 Å². The van der Waals surface area contributed by atoms with Gasteiger partial charge in [-0.05, 0) is 30.5 Å². The Morgan fingerprint density at radius 1 is 1.44 bits per heavy atom. The van der Waals surface area contributed by atoms with E-state index < -0.39 is 0 Å². The molecule has 0 saturated carbocycles. The van der Waals surface area contributed by atoms with Gasteiger partial charge in [0.1, 0.15) is 5.82 Å². The molecule has 1 unspecified atom stereocenters. The molecule has 25 heavy (non-hydrogen) atoms. The molecule has 0 bridgehead atoms. The summed E-state index contributed by atoms with van der Waals surface area (Å²) in [4.78, 5) is 6.77. The van der Waals surface area contributed by atoms with E-state index in [-0.39, 0.29) is 11.2 Å². The summed E-state index contributed by atoms with van der Waals surface area (Å²) in [5, 5.41) is 3.94. The minimum absolute atomic E-state index is 0.241. The van der Waals surface area contributed by atoms with Gasteiger partial charge in [0.25, 0.3) is 0 Å². The van der Waals surface area contributed by atoms with E-state index in [0.717, 1.165) is 50.7 Å². The van der Waals surface area contributed by atoms with Crippen LogP contribution in [-0.2, 0) is 10.2 Å². The van der Waals surface area contributed by atoms with Crippen LogP contribution in [0.25, 0.3) is 0 Å². The number of guanidine groups is 1. The predicted octanol–water partition coefficient (Wildman–Crippen LogP) is 3.44. The maximum atomic E-state index is 13.3. The van der Waals surface area contributed by atoms with Gasteiger partial charge in [0.05, 0.1) is 6.61 Å².